The second-order valence-electron chi connectivity index (χ2n) is 7.00. The van der Waals surface area contributed by atoms with Crippen LogP contribution < -0.4 is 15.6 Å². The van der Waals surface area contributed by atoms with Crippen LogP contribution in [0.5, 0.6) is 5.75 Å². The molecule has 0 atom stereocenters. The summed E-state index contributed by atoms with van der Waals surface area (Å²) in [4.78, 5) is 32.0. The van der Waals surface area contributed by atoms with Gasteiger partial charge in [0.25, 0.3) is 5.56 Å². The van der Waals surface area contributed by atoms with E-state index in [1.165, 1.54) is 15.9 Å². The van der Waals surface area contributed by atoms with Crippen LogP contribution in [0.1, 0.15) is 11.4 Å². The molecule has 30 heavy (non-hydrogen) atoms. The fraction of sp³-hybridized carbons (Fsp3) is 0.174. The summed E-state index contributed by atoms with van der Waals surface area (Å²) < 4.78 is 6.71. The van der Waals surface area contributed by atoms with Crippen LogP contribution in [-0.2, 0) is 11.3 Å². The number of carbonyl (C=O) groups is 1. The van der Waals surface area contributed by atoms with Crippen LogP contribution in [0.3, 0.4) is 0 Å². The number of aryl methyl sites for hydroxylation is 2. The smallest absolute Gasteiger partial charge is 0.262 e. The highest BCUT2D eigenvalue weighted by Crippen LogP contribution is 2.31. The Hall–Kier alpha value is -3.45. The molecular weight excluding hydrogens is 398 g/mol. The van der Waals surface area contributed by atoms with Gasteiger partial charge in [-0.25, -0.2) is 4.98 Å². The number of hydrogen-bond acceptors (Lipinski definition) is 5. The summed E-state index contributed by atoms with van der Waals surface area (Å²) in [5.74, 6) is 0.751. The van der Waals surface area contributed by atoms with Crippen LogP contribution in [0.25, 0.3) is 20.7 Å². The average molecular weight is 420 g/mol. The van der Waals surface area contributed by atoms with Crippen molar-refractivity contribution in [2.24, 2.45) is 0 Å². The van der Waals surface area contributed by atoms with Crippen LogP contribution in [0, 0.1) is 13.8 Å². The van der Waals surface area contributed by atoms with Gasteiger partial charge in [-0.1, -0.05) is 36.4 Å². The Morgan fingerprint density at radius 1 is 1.13 bits per heavy atom. The number of rotatable bonds is 5. The van der Waals surface area contributed by atoms with Gasteiger partial charge in [-0.3, -0.25) is 14.2 Å². The van der Waals surface area contributed by atoms with E-state index in [-0.39, 0.29) is 18.0 Å². The first-order valence-corrected chi connectivity index (χ1v) is 10.3. The van der Waals surface area contributed by atoms with E-state index in [4.69, 9.17) is 4.74 Å². The van der Waals surface area contributed by atoms with Gasteiger partial charge >= 0.3 is 0 Å². The van der Waals surface area contributed by atoms with Crippen molar-refractivity contribution in [2.75, 3.05) is 12.4 Å². The topological polar surface area (TPSA) is 73.2 Å². The number of ether oxygens (including phenoxy) is 1. The SMILES string of the molecule is COc1ccc(C)cc1NC(=O)Cn1c(C)nc2sc(-c3ccccc3)cc2c1=O. The molecule has 0 saturated carbocycles. The lowest BCUT2D eigenvalue weighted by atomic mass is 10.2. The highest BCUT2D eigenvalue weighted by molar-refractivity contribution is 7.21. The van der Waals surface area contributed by atoms with E-state index in [1.54, 1.807) is 20.1 Å². The molecule has 0 aliphatic rings. The van der Waals surface area contributed by atoms with E-state index >= 15 is 0 Å². The molecular formula is C23H21N3O3S. The standard InChI is InChI=1S/C23H21N3O3S/c1-14-9-10-19(29-3)18(11-14)25-21(27)13-26-15(2)24-22-17(23(26)28)12-20(30-22)16-7-5-4-6-8-16/h4-12H,13H2,1-3H3,(H,25,27). The quantitative estimate of drug-likeness (QED) is 0.521. The number of amides is 1. The van der Waals surface area contributed by atoms with Crippen molar-refractivity contribution in [1.29, 1.82) is 0 Å². The fourth-order valence-electron chi connectivity index (χ4n) is 3.30. The molecule has 2 aromatic carbocycles. The molecule has 4 rings (SSSR count). The molecule has 0 unspecified atom stereocenters. The van der Waals surface area contributed by atoms with E-state index in [0.717, 1.165) is 16.0 Å². The number of hydrogen-bond donors (Lipinski definition) is 1. The number of nitrogens with one attached hydrogen (secondary N) is 1. The maximum Gasteiger partial charge on any atom is 0.262 e. The minimum Gasteiger partial charge on any atom is -0.495 e. The van der Waals surface area contributed by atoms with Gasteiger partial charge in [0, 0.05) is 4.88 Å². The number of nitrogens with zero attached hydrogens (tertiary/aromatic N) is 2. The molecule has 4 aromatic rings. The lowest BCUT2D eigenvalue weighted by Gasteiger charge is -2.13. The summed E-state index contributed by atoms with van der Waals surface area (Å²) in [5, 5.41) is 3.35. The molecule has 0 fully saturated rings. The monoisotopic (exact) mass is 419 g/mol. The van der Waals surface area contributed by atoms with Crippen molar-refractivity contribution in [3.63, 3.8) is 0 Å². The molecule has 1 amide bonds. The number of anilines is 1. The normalized spacial score (nSPS) is 10.9. The molecule has 152 valence electrons. The molecule has 0 aliphatic carbocycles. The van der Waals surface area contributed by atoms with E-state index in [1.807, 2.05) is 55.5 Å². The Labute approximate surface area is 177 Å². The van der Waals surface area contributed by atoms with E-state index in [0.29, 0.717) is 27.5 Å². The zero-order valence-electron chi connectivity index (χ0n) is 16.9. The van der Waals surface area contributed by atoms with E-state index in [2.05, 4.69) is 10.3 Å². The molecule has 1 N–H and O–H groups in total. The molecule has 0 saturated heterocycles. The summed E-state index contributed by atoms with van der Waals surface area (Å²) >= 11 is 1.47. The lowest BCUT2D eigenvalue weighted by Crippen LogP contribution is -2.30. The third-order valence-electron chi connectivity index (χ3n) is 4.83. The molecule has 0 spiro atoms. The van der Waals surface area contributed by atoms with Crippen molar-refractivity contribution in [3.8, 4) is 16.2 Å². The molecule has 0 bridgehead atoms. The molecule has 0 radical (unpaired) electrons. The first-order chi connectivity index (χ1) is 14.5. The van der Waals surface area contributed by atoms with Crippen LogP contribution in [-0.4, -0.2) is 22.6 Å². The Balaban J connectivity index is 1.65. The van der Waals surface area contributed by atoms with Gasteiger partial charge in [0.15, 0.2) is 0 Å². The van der Waals surface area contributed by atoms with Gasteiger partial charge in [0.05, 0.1) is 18.2 Å². The maximum atomic E-state index is 13.1. The number of benzene rings is 2. The lowest BCUT2D eigenvalue weighted by molar-refractivity contribution is -0.116. The first kappa shape index (κ1) is 19.8. The van der Waals surface area contributed by atoms with Crippen LogP contribution in [0.2, 0.25) is 0 Å². The van der Waals surface area contributed by atoms with E-state index in [9.17, 15) is 9.59 Å². The van der Waals surface area contributed by atoms with E-state index < -0.39 is 0 Å². The fourth-order valence-corrected chi connectivity index (χ4v) is 4.37. The predicted molar refractivity (Wildman–Crippen MR) is 120 cm³/mol. The van der Waals surface area contributed by atoms with Crippen molar-refractivity contribution in [2.45, 2.75) is 20.4 Å². The van der Waals surface area contributed by atoms with Crippen molar-refractivity contribution >= 4 is 33.1 Å². The minimum absolute atomic E-state index is 0.124. The van der Waals surface area contributed by atoms with Crippen LogP contribution >= 0.6 is 11.3 Å². The molecule has 2 heterocycles. The minimum atomic E-state index is -0.316. The predicted octanol–water partition coefficient (Wildman–Crippen LogP) is 4.39. The summed E-state index contributed by atoms with van der Waals surface area (Å²) in [5.41, 5.74) is 2.38. The van der Waals surface area contributed by atoms with Gasteiger partial charge in [-0.2, -0.15) is 0 Å². The number of carbonyl (C=O) groups excluding carboxylic acids is 1. The summed E-state index contributed by atoms with van der Waals surface area (Å²) in [6.07, 6.45) is 0. The average Bonchev–Trinajstić information content (AvgIpc) is 3.16. The first-order valence-electron chi connectivity index (χ1n) is 9.47. The van der Waals surface area contributed by atoms with Crippen molar-refractivity contribution in [1.82, 2.24) is 9.55 Å². The summed E-state index contributed by atoms with van der Waals surface area (Å²) in [7, 11) is 1.55. The molecule has 2 aromatic heterocycles. The number of aromatic nitrogens is 2. The van der Waals surface area contributed by atoms with Crippen LogP contribution in [0.4, 0.5) is 5.69 Å². The highest BCUT2D eigenvalue weighted by atomic mass is 32.1. The summed E-state index contributed by atoms with van der Waals surface area (Å²) in [6, 6.07) is 17.3. The third-order valence-corrected chi connectivity index (χ3v) is 5.91. The molecule has 0 aliphatic heterocycles. The largest absolute Gasteiger partial charge is 0.495 e. The van der Waals surface area contributed by atoms with Gasteiger partial charge in [0.2, 0.25) is 5.91 Å². The Morgan fingerprint density at radius 3 is 2.63 bits per heavy atom. The van der Waals surface area contributed by atoms with Gasteiger partial charge in [-0.05, 0) is 43.2 Å². The number of fused-ring (bicyclic) bond motifs is 1. The van der Waals surface area contributed by atoms with Crippen molar-refractivity contribution in [3.05, 3.63) is 76.3 Å². The Bertz CT molecular complexity index is 1290. The molecule has 6 nitrogen and oxygen atoms in total. The number of methoxy groups -OCH3 is 1. The second kappa shape index (κ2) is 8.12. The number of thiophene rings is 1. The van der Waals surface area contributed by atoms with Crippen molar-refractivity contribution < 1.29 is 9.53 Å². The zero-order valence-corrected chi connectivity index (χ0v) is 17.7. The second-order valence-corrected chi connectivity index (χ2v) is 8.03. The molecule has 7 heteroatoms. The highest BCUT2D eigenvalue weighted by Gasteiger charge is 2.16. The Kier molecular flexibility index (Phi) is 5.37. The Morgan fingerprint density at radius 2 is 1.90 bits per heavy atom. The maximum absolute atomic E-state index is 13.1. The van der Waals surface area contributed by atoms with Gasteiger partial charge < -0.3 is 10.1 Å². The zero-order chi connectivity index (χ0) is 21.3. The third kappa shape index (κ3) is 3.84. The van der Waals surface area contributed by atoms with Crippen LogP contribution in [0.15, 0.2) is 59.4 Å². The summed E-state index contributed by atoms with van der Waals surface area (Å²) in [6.45, 7) is 3.55. The van der Waals surface area contributed by atoms with Gasteiger partial charge in [0.1, 0.15) is 22.9 Å². The van der Waals surface area contributed by atoms with Gasteiger partial charge in [-0.15, -0.1) is 11.3 Å².